The molecular formula is C81H117FeN9O26. The number of ketones is 5. The predicted molar refractivity (Wildman–Crippen MR) is 419 cm³/mol. The first-order valence-electron chi connectivity index (χ1n) is 37.4. The molecule has 0 aliphatic carbocycles. The Morgan fingerprint density at radius 3 is 1.09 bits per heavy atom. The van der Waals surface area contributed by atoms with E-state index in [9.17, 15) is 77.3 Å². The zero-order valence-corrected chi connectivity index (χ0v) is 68.3. The van der Waals surface area contributed by atoms with E-state index in [0.717, 1.165) is 11.1 Å². The Balaban J connectivity index is 0.00000224. The zero-order valence-electron chi connectivity index (χ0n) is 67.2. The maximum absolute atomic E-state index is 14.1. The molecule has 117 heavy (non-hydrogen) atoms. The SMILES string of the molecule is COCCOCCOCCCC(=O)C(CCC(=O)NO)NC(=O)C(CCC(=O)NO)CC(=O)[C@H](Cc1ccc(O)cc1)NC(=O)[C@H](CC(C)=O)Cc1ccccc1.COCCOCCOCCNC(=O)C(CCC(=O)NO)CC(=O)C(CCC(=O)NO)NC(=O)[C@@H](CC(=O)[C@@H](Cc1ccccc1)NC(C)=O)Cc1ccc(O)cc1.[CH3-].[CH3-].[Fe+2]. The number of rotatable bonds is 59. The third-order valence-corrected chi connectivity index (χ3v) is 17.8. The summed E-state index contributed by atoms with van der Waals surface area (Å²) in [5, 5.41) is 69.2. The van der Waals surface area contributed by atoms with Gasteiger partial charge in [-0.1, -0.05) is 84.9 Å². The van der Waals surface area contributed by atoms with Crippen molar-refractivity contribution in [1.82, 2.24) is 48.5 Å². The number of phenols is 2. The van der Waals surface area contributed by atoms with Crippen LogP contribution in [0.3, 0.4) is 0 Å². The number of methoxy groups -OCH3 is 2. The summed E-state index contributed by atoms with van der Waals surface area (Å²) in [7, 11) is 3.10. The standard InChI is InChI=1S/C40H56N4O13.C39H55N5O13.2CH3.Fe/c1-27(45)23-31(24-28-7-4-3-5-8-28)40(52)42-34(25-29-10-13-32(46)14-11-29)36(48)26-30(12-16-37(49)43-53)39(51)41-33(15-17-38(50)44-54)35(47)9-6-18-56-21-22-57-20-19-55-2;1-26(45)41-33(23-27-6-4-3-5-7-27)35(48)25-30(22-28-8-11-31(46)12-9-28)39(52)42-32(13-15-37(50)44-54)34(47)24-29(10-14-36(49)43-53)38(51)40-16-17-56-20-21-57-19-18-55-2;;;/h3-5,7-8,10-11,13-14,30-31,33-34,46,53-54H,6,9,12,15-26H2,1-2H3,(H,41,51)(H,42,52)(H,43,49)(H,44,50);3-9,11-12,29-30,32-33,46,53-54H,10,13-25H2,1-2H3,(H,40,51)(H,41,45)(H,42,52)(H,43,49)(H,44,50);2*1H3;/q;;2*-1;+2/t30?,31-,33?,34+;29?,30-,32?,33-;;;/m11.../s1. The first kappa shape index (κ1) is 107. The van der Waals surface area contributed by atoms with Gasteiger partial charge in [-0.15, -0.1) is 0 Å². The number of phenolic OH excluding ortho intramolecular Hbond substituents is 2. The van der Waals surface area contributed by atoms with Crippen molar-refractivity contribution in [3.05, 3.63) is 146 Å². The molecule has 0 saturated heterocycles. The van der Waals surface area contributed by atoms with Crippen LogP contribution in [0, 0.1) is 38.5 Å². The predicted octanol–water partition coefficient (Wildman–Crippen LogP) is 3.50. The van der Waals surface area contributed by atoms with Crippen LogP contribution in [0.5, 0.6) is 11.5 Å². The molecule has 8 atom stereocenters. The molecule has 4 rings (SSSR count). The van der Waals surface area contributed by atoms with Gasteiger partial charge >= 0.3 is 17.1 Å². The van der Waals surface area contributed by atoms with Crippen LogP contribution in [-0.4, -0.2) is 224 Å². The Bertz CT molecular complexity index is 3390. The maximum Gasteiger partial charge on any atom is 2.00 e. The van der Waals surface area contributed by atoms with E-state index in [1.54, 1.807) is 80.9 Å². The number of hydrogen-bond donors (Lipinski definition) is 15. The molecule has 0 fully saturated rings. The topological polar surface area (TPSA) is 524 Å². The van der Waals surface area contributed by atoms with E-state index in [0.29, 0.717) is 50.8 Å². The summed E-state index contributed by atoms with van der Waals surface area (Å²) >= 11 is 0. The van der Waals surface area contributed by atoms with E-state index in [4.69, 9.17) is 49.3 Å². The number of carbonyl (C=O) groups excluding carboxylic acids is 14. The van der Waals surface area contributed by atoms with Crippen LogP contribution in [-0.2, 0) is 138 Å². The second-order valence-electron chi connectivity index (χ2n) is 26.9. The Morgan fingerprint density at radius 2 is 0.667 bits per heavy atom. The molecule has 9 amide bonds. The van der Waals surface area contributed by atoms with E-state index in [1.807, 2.05) is 18.2 Å². The van der Waals surface area contributed by atoms with E-state index < -0.39 is 143 Å². The van der Waals surface area contributed by atoms with Crippen molar-refractivity contribution in [2.45, 2.75) is 154 Å². The molecular weight excluding hydrogens is 1570 g/mol. The van der Waals surface area contributed by atoms with Gasteiger partial charge in [-0.2, -0.15) is 0 Å². The average molecular weight is 1690 g/mol. The number of ether oxygens (including phenoxy) is 6. The minimum Gasteiger partial charge on any atom is -0.508 e. The summed E-state index contributed by atoms with van der Waals surface area (Å²) in [5.41, 5.74) is 8.63. The minimum absolute atomic E-state index is 0. The number of carbonyl (C=O) groups is 14. The number of Topliss-reactive ketones (excluding diaryl/α,β-unsaturated/α-hetero) is 5. The smallest absolute Gasteiger partial charge is 0.508 e. The first-order chi connectivity index (χ1) is 54.7. The van der Waals surface area contributed by atoms with Crippen molar-refractivity contribution in [3.63, 3.8) is 0 Å². The van der Waals surface area contributed by atoms with Crippen molar-refractivity contribution in [3.8, 4) is 11.5 Å². The molecule has 0 heterocycles. The molecule has 35 nitrogen and oxygen atoms in total. The minimum atomic E-state index is -1.38. The van der Waals surface area contributed by atoms with E-state index in [1.165, 1.54) is 60.0 Å². The van der Waals surface area contributed by atoms with Crippen molar-refractivity contribution in [1.29, 1.82) is 0 Å². The van der Waals surface area contributed by atoms with Crippen LogP contribution in [0.2, 0.25) is 0 Å². The summed E-state index contributed by atoms with van der Waals surface area (Å²) in [6, 6.07) is 25.1. The first-order valence-corrected chi connectivity index (χ1v) is 37.4. The van der Waals surface area contributed by atoms with Gasteiger partial charge in [0.25, 0.3) is 0 Å². The molecule has 0 spiro atoms. The fraction of sp³-hybridized carbons (Fsp3) is 0.506. The Morgan fingerprint density at radius 1 is 0.342 bits per heavy atom. The van der Waals surface area contributed by atoms with Crippen LogP contribution in [0.15, 0.2) is 109 Å². The van der Waals surface area contributed by atoms with Crippen molar-refractivity contribution < 1.29 is 144 Å². The largest absolute Gasteiger partial charge is 2.00 e. The van der Waals surface area contributed by atoms with Gasteiger partial charge in [0.05, 0.1) is 83.6 Å². The molecule has 36 heteroatoms. The third kappa shape index (κ3) is 47.2. The molecule has 4 unspecified atom stereocenters. The summed E-state index contributed by atoms with van der Waals surface area (Å²) in [6.45, 7) is 5.84. The monoisotopic (exact) mass is 1690 g/mol. The number of nitrogens with one attached hydrogen (secondary N) is 9. The van der Waals surface area contributed by atoms with Gasteiger partial charge in [-0.3, -0.25) is 83.2 Å². The van der Waals surface area contributed by atoms with Crippen LogP contribution in [0.4, 0.5) is 0 Å². The van der Waals surface area contributed by atoms with Gasteiger partial charge < -0.3 is 84.9 Å². The van der Waals surface area contributed by atoms with Crippen LogP contribution >= 0.6 is 0 Å². The molecule has 0 aromatic heterocycles. The van der Waals surface area contributed by atoms with Crippen LogP contribution in [0.25, 0.3) is 0 Å². The molecule has 4 aromatic rings. The van der Waals surface area contributed by atoms with Crippen molar-refractivity contribution in [2.75, 3.05) is 86.8 Å². The molecule has 4 aromatic carbocycles. The van der Waals surface area contributed by atoms with Crippen LogP contribution < -0.4 is 48.5 Å². The summed E-state index contributed by atoms with van der Waals surface area (Å²) in [4.78, 5) is 182. The Kier molecular flexibility index (Phi) is 58.0. The molecule has 650 valence electrons. The maximum atomic E-state index is 14.1. The van der Waals surface area contributed by atoms with Gasteiger partial charge in [0.1, 0.15) is 17.3 Å². The van der Waals surface area contributed by atoms with Gasteiger partial charge in [0.2, 0.25) is 53.2 Å². The summed E-state index contributed by atoms with van der Waals surface area (Å²) in [5.74, 6) is -13.2. The number of aromatic hydroxyl groups is 2. The van der Waals surface area contributed by atoms with Gasteiger partial charge in [0.15, 0.2) is 23.1 Å². The molecule has 0 radical (unpaired) electrons. The van der Waals surface area contributed by atoms with Crippen molar-refractivity contribution in [2.24, 2.45) is 23.7 Å². The summed E-state index contributed by atoms with van der Waals surface area (Å²) in [6.07, 6.45) is -3.29. The number of hydroxylamine groups is 4. The van der Waals surface area contributed by atoms with Crippen molar-refractivity contribution >= 4 is 82.1 Å². The molecule has 0 saturated carbocycles. The number of amides is 9. The van der Waals surface area contributed by atoms with Gasteiger partial charge in [0, 0.05) is 116 Å². The quantitative estimate of drug-likeness (QED) is 0.00988. The van der Waals surface area contributed by atoms with Gasteiger partial charge in [-0.05, 0) is 111 Å². The van der Waals surface area contributed by atoms with Crippen LogP contribution in [0.1, 0.15) is 126 Å². The fourth-order valence-corrected chi connectivity index (χ4v) is 11.7. The average Bonchev–Trinajstić information content (AvgIpc) is 0.852. The Labute approximate surface area is 692 Å². The van der Waals surface area contributed by atoms with E-state index in [2.05, 4.69) is 26.6 Å². The van der Waals surface area contributed by atoms with E-state index in [-0.39, 0.29) is 178 Å². The number of hydrogen-bond acceptors (Lipinski definition) is 26. The molecule has 0 aliphatic heterocycles. The molecule has 15 N–H and O–H groups in total. The van der Waals surface area contributed by atoms with Gasteiger partial charge in [-0.25, -0.2) is 21.9 Å². The number of benzene rings is 4. The van der Waals surface area contributed by atoms with E-state index >= 15 is 0 Å². The normalized spacial score (nSPS) is 12.7. The summed E-state index contributed by atoms with van der Waals surface area (Å²) < 4.78 is 31.4. The molecule has 0 bridgehead atoms. The molecule has 0 aliphatic rings. The zero-order chi connectivity index (χ0) is 84.0. The second kappa shape index (κ2) is 63.3. The second-order valence-corrected chi connectivity index (χ2v) is 26.9. The fourth-order valence-electron chi connectivity index (χ4n) is 11.7. The Hall–Kier alpha value is -9.82. The third-order valence-electron chi connectivity index (χ3n) is 17.8.